The predicted octanol–water partition coefficient (Wildman–Crippen LogP) is 2.91. The number of benzene rings is 2. The number of carboxylic acid groups (broad SMARTS) is 1. The van der Waals surface area contributed by atoms with Crippen LogP contribution in [0.5, 0.6) is 11.5 Å². The molecule has 26 heavy (non-hydrogen) atoms. The topological polar surface area (TPSA) is 102 Å². The molecular formula is C18H19NO6S. The molecule has 2 N–H and O–H groups in total. The van der Waals surface area contributed by atoms with Crippen molar-refractivity contribution in [2.45, 2.75) is 31.3 Å². The molecule has 0 bridgehead atoms. The van der Waals surface area contributed by atoms with Gasteiger partial charge in [0.25, 0.3) is 10.0 Å². The van der Waals surface area contributed by atoms with Crippen LogP contribution >= 0.6 is 0 Å². The maximum absolute atomic E-state index is 12.6. The van der Waals surface area contributed by atoms with Crippen LogP contribution in [0.25, 0.3) is 0 Å². The Morgan fingerprint density at radius 2 is 2.00 bits per heavy atom. The van der Waals surface area contributed by atoms with Crippen molar-refractivity contribution in [2.24, 2.45) is 0 Å². The van der Waals surface area contributed by atoms with Crippen LogP contribution in [0.3, 0.4) is 0 Å². The fourth-order valence-electron chi connectivity index (χ4n) is 2.77. The first kappa shape index (κ1) is 18.1. The van der Waals surface area contributed by atoms with E-state index >= 15 is 0 Å². The van der Waals surface area contributed by atoms with Crippen LogP contribution in [0.4, 0.5) is 5.69 Å². The molecule has 0 saturated carbocycles. The Kier molecular flexibility index (Phi) is 4.78. The molecule has 2 aromatic carbocycles. The van der Waals surface area contributed by atoms with Gasteiger partial charge in [0, 0.05) is 18.1 Å². The first-order chi connectivity index (χ1) is 12.3. The molecule has 2 aromatic rings. The summed E-state index contributed by atoms with van der Waals surface area (Å²) in [7, 11) is -3.91. The van der Waals surface area contributed by atoms with E-state index in [9.17, 15) is 13.2 Å². The highest BCUT2D eigenvalue weighted by Gasteiger charge is 2.24. The van der Waals surface area contributed by atoms with Gasteiger partial charge in [0.15, 0.2) is 0 Å². The molecule has 0 spiro atoms. The monoisotopic (exact) mass is 377 g/mol. The van der Waals surface area contributed by atoms with Gasteiger partial charge in [-0.1, -0.05) is 0 Å². The van der Waals surface area contributed by atoms with E-state index in [-0.39, 0.29) is 22.3 Å². The predicted molar refractivity (Wildman–Crippen MR) is 95.6 cm³/mol. The molecule has 3 rings (SSSR count). The van der Waals surface area contributed by atoms with E-state index in [1.807, 2.05) is 13.8 Å². The minimum absolute atomic E-state index is 0.0128. The number of ether oxygens (including phenoxy) is 2. The lowest BCUT2D eigenvalue weighted by Gasteiger charge is -2.14. The lowest BCUT2D eigenvalue weighted by Crippen LogP contribution is -2.14. The summed E-state index contributed by atoms with van der Waals surface area (Å²) >= 11 is 0. The summed E-state index contributed by atoms with van der Waals surface area (Å²) in [5.41, 5.74) is 1.26. The lowest BCUT2D eigenvalue weighted by atomic mass is 10.1. The second-order valence-corrected chi connectivity index (χ2v) is 7.64. The first-order valence-corrected chi connectivity index (χ1v) is 9.61. The van der Waals surface area contributed by atoms with Crippen molar-refractivity contribution in [1.82, 2.24) is 0 Å². The van der Waals surface area contributed by atoms with E-state index in [4.69, 9.17) is 14.6 Å². The molecule has 1 aliphatic heterocycles. The Bertz CT molecular complexity index is 937. The first-order valence-electron chi connectivity index (χ1n) is 8.12. The molecule has 1 heterocycles. The summed E-state index contributed by atoms with van der Waals surface area (Å²) in [6.45, 7) is 4.14. The van der Waals surface area contributed by atoms with Crippen molar-refractivity contribution in [2.75, 3.05) is 11.3 Å². The summed E-state index contributed by atoms with van der Waals surface area (Å²) in [6.07, 6.45) is 0.758. The molecule has 0 aromatic heterocycles. The van der Waals surface area contributed by atoms with Gasteiger partial charge in [0.05, 0.1) is 22.8 Å². The zero-order chi connectivity index (χ0) is 18.9. The van der Waals surface area contributed by atoms with E-state index in [1.165, 1.54) is 24.3 Å². The molecule has 1 atom stereocenters. The van der Waals surface area contributed by atoms with Crippen molar-refractivity contribution in [3.05, 3.63) is 47.5 Å². The van der Waals surface area contributed by atoms with Crippen molar-refractivity contribution >= 4 is 21.7 Å². The van der Waals surface area contributed by atoms with Crippen molar-refractivity contribution in [3.63, 3.8) is 0 Å². The van der Waals surface area contributed by atoms with Gasteiger partial charge in [0.2, 0.25) is 0 Å². The fraction of sp³-hybridized carbons (Fsp3) is 0.278. The van der Waals surface area contributed by atoms with Gasteiger partial charge in [-0.2, -0.15) is 0 Å². The van der Waals surface area contributed by atoms with Crippen LogP contribution in [0.15, 0.2) is 41.3 Å². The molecule has 0 radical (unpaired) electrons. The zero-order valence-electron chi connectivity index (χ0n) is 14.4. The van der Waals surface area contributed by atoms with Crippen LogP contribution in [0.2, 0.25) is 0 Å². The molecule has 138 valence electrons. The Morgan fingerprint density at radius 1 is 1.31 bits per heavy atom. The van der Waals surface area contributed by atoms with Gasteiger partial charge in [-0.15, -0.1) is 0 Å². The minimum Gasteiger partial charge on any atom is -0.492 e. The molecule has 0 aliphatic carbocycles. The third kappa shape index (κ3) is 3.60. The number of sulfonamides is 1. The van der Waals surface area contributed by atoms with Gasteiger partial charge in [-0.25, -0.2) is 13.2 Å². The number of anilines is 1. The van der Waals surface area contributed by atoms with Crippen LogP contribution in [-0.2, 0) is 16.4 Å². The molecule has 0 amide bonds. The molecule has 7 nitrogen and oxygen atoms in total. The van der Waals surface area contributed by atoms with E-state index in [0.717, 1.165) is 12.0 Å². The van der Waals surface area contributed by atoms with Gasteiger partial charge in [-0.3, -0.25) is 4.72 Å². The number of hydrogen-bond acceptors (Lipinski definition) is 5. The number of carbonyl (C=O) groups is 1. The maximum Gasteiger partial charge on any atom is 0.335 e. The van der Waals surface area contributed by atoms with Crippen molar-refractivity contribution in [1.29, 1.82) is 0 Å². The van der Waals surface area contributed by atoms with E-state index in [1.54, 1.807) is 12.1 Å². The minimum atomic E-state index is -3.91. The van der Waals surface area contributed by atoms with Gasteiger partial charge < -0.3 is 14.6 Å². The SMILES string of the molecule is CCOc1cc2c(cc1NS(=O)(=O)c1ccc(C(=O)O)cc1)O[C@H](C)C2. The highest BCUT2D eigenvalue weighted by atomic mass is 32.2. The lowest BCUT2D eigenvalue weighted by molar-refractivity contribution is 0.0696. The Balaban J connectivity index is 1.94. The quantitative estimate of drug-likeness (QED) is 0.803. The number of aromatic carboxylic acids is 1. The number of hydrogen-bond donors (Lipinski definition) is 2. The van der Waals surface area contributed by atoms with E-state index < -0.39 is 16.0 Å². The largest absolute Gasteiger partial charge is 0.492 e. The standard InChI is InChI=1S/C18H19NO6S/c1-3-24-17-9-13-8-11(2)25-16(13)10-15(17)19-26(22,23)14-6-4-12(5-7-14)18(20)21/h4-7,9-11,19H,3,8H2,1-2H3,(H,20,21)/t11-/m1/s1. The highest BCUT2D eigenvalue weighted by molar-refractivity contribution is 7.92. The third-order valence-electron chi connectivity index (χ3n) is 3.95. The molecule has 0 unspecified atom stereocenters. The zero-order valence-corrected chi connectivity index (χ0v) is 15.2. The van der Waals surface area contributed by atoms with Gasteiger partial charge in [-0.05, 0) is 44.2 Å². The Hall–Kier alpha value is -2.74. The Labute approximate surface area is 151 Å². The molecule has 0 saturated heterocycles. The van der Waals surface area contributed by atoms with E-state index in [2.05, 4.69) is 4.72 Å². The van der Waals surface area contributed by atoms with Gasteiger partial charge >= 0.3 is 5.97 Å². The summed E-state index contributed by atoms with van der Waals surface area (Å²) in [6, 6.07) is 8.39. The summed E-state index contributed by atoms with van der Waals surface area (Å²) in [5, 5.41) is 8.92. The van der Waals surface area contributed by atoms with Crippen molar-refractivity contribution in [3.8, 4) is 11.5 Å². The molecule has 0 fully saturated rings. The van der Waals surface area contributed by atoms with Crippen LogP contribution < -0.4 is 14.2 Å². The summed E-state index contributed by atoms with van der Waals surface area (Å²) < 4.78 is 39.1. The van der Waals surface area contributed by atoms with Crippen LogP contribution in [-0.4, -0.2) is 32.2 Å². The van der Waals surface area contributed by atoms with Gasteiger partial charge in [0.1, 0.15) is 17.6 Å². The number of nitrogens with one attached hydrogen (secondary N) is 1. The smallest absolute Gasteiger partial charge is 0.335 e. The summed E-state index contributed by atoms with van der Waals surface area (Å²) in [4.78, 5) is 10.9. The van der Waals surface area contributed by atoms with Crippen LogP contribution in [0.1, 0.15) is 29.8 Å². The van der Waals surface area contributed by atoms with E-state index in [0.29, 0.717) is 18.1 Å². The second kappa shape index (κ2) is 6.87. The third-order valence-corrected chi connectivity index (χ3v) is 5.34. The average Bonchev–Trinajstić information content (AvgIpc) is 2.94. The molecular weight excluding hydrogens is 358 g/mol. The highest BCUT2D eigenvalue weighted by Crippen LogP contribution is 2.38. The Morgan fingerprint density at radius 3 is 2.62 bits per heavy atom. The van der Waals surface area contributed by atoms with Crippen molar-refractivity contribution < 1.29 is 27.8 Å². The molecule has 1 aliphatic rings. The van der Waals surface area contributed by atoms with Crippen LogP contribution in [0, 0.1) is 0 Å². The normalized spacial score (nSPS) is 15.8. The summed E-state index contributed by atoms with van der Waals surface area (Å²) in [5.74, 6) is -0.0695. The number of fused-ring (bicyclic) bond motifs is 1. The fourth-order valence-corrected chi connectivity index (χ4v) is 3.84. The maximum atomic E-state index is 12.6. The average molecular weight is 377 g/mol. The number of carboxylic acids is 1. The second-order valence-electron chi connectivity index (χ2n) is 5.96. The number of rotatable bonds is 6. The molecule has 8 heteroatoms.